The van der Waals surface area contributed by atoms with Gasteiger partial charge < -0.3 is 0 Å². The van der Waals surface area contributed by atoms with Gasteiger partial charge in [0, 0.05) is 6.42 Å². The first kappa shape index (κ1) is 27.2. The van der Waals surface area contributed by atoms with E-state index >= 15 is 0 Å². The van der Waals surface area contributed by atoms with Crippen LogP contribution in [0, 0.1) is 0 Å². The summed E-state index contributed by atoms with van der Waals surface area (Å²) in [5.74, 6) is -36.2. The van der Waals surface area contributed by atoms with E-state index in [1.807, 2.05) is 0 Å². The monoisotopic (exact) mass is 444 g/mol. The van der Waals surface area contributed by atoms with Crippen LogP contribution in [0.5, 0.6) is 0 Å². The molecule has 0 fully saturated rings. The summed E-state index contributed by atoms with van der Waals surface area (Å²) in [7, 11) is -3.67. The molecule has 0 rings (SSSR count). The van der Waals surface area contributed by atoms with E-state index in [1.165, 1.54) is 0 Å². The molecule has 0 aliphatic rings. The fraction of sp³-hybridized carbons (Fsp3) is 1.00. The molecule has 4 N–H and O–H groups in total. The smallest absolute Gasteiger partial charge is 0.216 e. The third kappa shape index (κ3) is 5.02. The highest BCUT2D eigenvalue weighted by Crippen LogP contribution is 2.60. The van der Waals surface area contributed by atoms with E-state index in [-0.39, 0.29) is 6.92 Å². The van der Waals surface area contributed by atoms with Crippen LogP contribution in [0.15, 0.2) is 0 Å². The van der Waals surface area contributed by atoms with Gasteiger partial charge in [-0.2, -0.15) is 65.5 Å². The van der Waals surface area contributed by atoms with Gasteiger partial charge in [-0.05, 0) is 0 Å². The summed E-state index contributed by atoms with van der Waals surface area (Å²) < 4.78 is 179. The molecule has 0 saturated carbocycles. The van der Waals surface area contributed by atoms with Gasteiger partial charge in [-0.3, -0.25) is 0 Å². The summed E-state index contributed by atoms with van der Waals surface area (Å²) >= 11 is 0. The van der Waals surface area contributed by atoms with E-state index in [2.05, 4.69) is 10.3 Å². The number of alkyl halides is 13. The Labute approximate surface area is 136 Å². The number of hydrogen-bond donors (Lipinski definition) is 2. The molecule has 0 aliphatic carbocycles. The van der Waals surface area contributed by atoms with Gasteiger partial charge in [0.05, 0.1) is 0 Å². The Morgan fingerprint density at radius 2 is 0.846 bits per heavy atom. The lowest BCUT2D eigenvalue weighted by Crippen LogP contribution is -2.69. The second-order valence-corrected chi connectivity index (χ2v) is 5.62. The Kier molecular flexibility index (Phi) is 7.50. The van der Waals surface area contributed by atoms with Crippen LogP contribution in [0.1, 0.15) is 13.3 Å². The fourth-order valence-corrected chi connectivity index (χ4v) is 1.02. The van der Waals surface area contributed by atoms with Crippen molar-refractivity contribution in [2.45, 2.75) is 49.1 Å². The maximum atomic E-state index is 12.7. The van der Waals surface area contributed by atoms with E-state index < -0.39 is 52.4 Å². The van der Waals surface area contributed by atoms with Crippen molar-refractivity contribution in [2.75, 3.05) is 0 Å². The molecule has 18 heteroatoms. The van der Waals surface area contributed by atoms with Gasteiger partial charge >= 0.3 is 35.8 Å². The van der Waals surface area contributed by atoms with Gasteiger partial charge in [0.25, 0.3) is 10.2 Å². The highest BCUT2D eigenvalue weighted by atomic mass is 32.2. The van der Waals surface area contributed by atoms with Crippen LogP contribution in [0.4, 0.5) is 57.1 Å². The predicted octanol–water partition coefficient (Wildman–Crippen LogP) is 3.28. The molecule has 4 nitrogen and oxygen atoms in total. The summed E-state index contributed by atoms with van der Waals surface area (Å²) in [5.41, 5.74) is 0. The van der Waals surface area contributed by atoms with E-state index in [1.54, 1.807) is 0 Å². The molecule has 0 aliphatic heterocycles. The van der Waals surface area contributed by atoms with Gasteiger partial charge in [0.2, 0.25) is 0 Å². The summed E-state index contributed by atoms with van der Waals surface area (Å²) in [6.07, 6.45) is -9.57. The molecule has 160 valence electrons. The van der Waals surface area contributed by atoms with Crippen molar-refractivity contribution in [1.29, 1.82) is 0 Å². The lowest BCUT2D eigenvalue weighted by molar-refractivity contribution is -0.439. The molecule has 0 heterocycles. The molecule has 0 aromatic heterocycles. The van der Waals surface area contributed by atoms with Crippen LogP contribution in [0.3, 0.4) is 0 Å². The zero-order valence-corrected chi connectivity index (χ0v) is 12.8. The molecule has 0 saturated heterocycles. The fourth-order valence-electron chi connectivity index (χ4n) is 1.02. The maximum Gasteiger partial charge on any atom is 0.460 e. The first-order chi connectivity index (χ1) is 10.8. The van der Waals surface area contributed by atoms with Crippen LogP contribution in [-0.4, -0.2) is 44.2 Å². The molecular formula is C8H9F13N2O2S. The largest absolute Gasteiger partial charge is 0.460 e. The van der Waals surface area contributed by atoms with E-state index in [0.29, 0.717) is 0 Å². The minimum Gasteiger partial charge on any atom is -0.216 e. The summed E-state index contributed by atoms with van der Waals surface area (Å²) in [4.78, 5) is 0. The van der Waals surface area contributed by atoms with Crippen LogP contribution in [-0.2, 0) is 10.2 Å². The van der Waals surface area contributed by atoms with Gasteiger partial charge in [-0.1, -0.05) is 6.92 Å². The highest BCUT2D eigenvalue weighted by molar-refractivity contribution is 7.86. The van der Waals surface area contributed by atoms with E-state index in [4.69, 9.17) is 0 Å². The average Bonchev–Trinajstić information content (AvgIpc) is 2.34. The second kappa shape index (κ2) is 7.17. The Morgan fingerprint density at radius 1 is 0.615 bits per heavy atom. The average molecular weight is 444 g/mol. The minimum atomic E-state index is -7.81. The zero-order chi connectivity index (χ0) is 22.2. The first-order valence-corrected chi connectivity index (χ1v) is 7.18. The van der Waals surface area contributed by atoms with Crippen LogP contribution in [0.2, 0.25) is 0 Å². The SMILES string of the molecule is CCC(F)(F)C(F)(F)C(F)(F)C(F)(F)C(F)(F)C(F)(F)F.NS(N)(=O)=O. The van der Waals surface area contributed by atoms with Crippen molar-refractivity contribution in [2.24, 2.45) is 10.3 Å². The molecule has 0 unspecified atom stereocenters. The van der Waals surface area contributed by atoms with E-state index in [9.17, 15) is 65.5 Å². The topological polar surface area (TPSA) is 86.2 Å². The van der Waals surface area contributed by atoms with Crippen molar-refractivity contribution in [1.82, 2.24) is 0 Å². The molecule has 26 heavy (non-hydrogen) atoms. The lowest BCUT2D eigenvalue weighted by Gasteiger charge is -2.39. The van der Waals surface area contributed by atoms with Crippen LogP contribution >= 0.6 is 0 Å². The molecule has 0 bridgehead atoms. The normalized spacial score (nSPS) is 15.4. The highest BCUT2D eigenvalue weighted by Gasteiger charge is 2.90. The van der Waals surface area contributed by atoms with E-state index in [0.717, 1.165) is 0 Å². The molecule has 0 radical (unpaired) electrons. The van der Waals surface area contributed by atoms with Crippen molar-refractivity contribution < 1.29 is 65.5 Å². The summed E-state index contributed by atoms with van der Waals surface area (Å²) in [6.45, 7) is 0.115. The van der Waals surface area contributed by atoms with Crippen LogP contribution in [0.25, 0.3) is 0 Å². The van der Waals surface area contributed by atoms with Crippen molar-refractivity contribution in [3.63, 3.8) is 0 Å². The van der Waals surface area contributed by atoms with Gasteiger partial charge in [0.15, 0.2) is 0 Å². The second-order valence-electron chi connectivity index (χ2n) is 4.44. The Morgan fingerprint density at radius 3 is 1.04 bits per heavy atom. The Bertz CT molecular complexity index is 575. The molecule has 0 amide bonds. The third-order valence-electron chi connectivity index (χ3n) is 2.44. The van der Waals surface area contributed by atoms with Crippen molar-refractivity contribution in [3.05, 3.63) is 0 Å². The van der Waals surface area contributed by atoms with Gasteiger partial charge in [0.1, 0.15) is 0 Å². The summed E-state index contributed by atoms with van der Waals surface area (Å²) in [5, 5.41) is 8.21. The number of nitrogens with two attached hydrogens (primary N) is 2. The minimum absolute atomic E-state index is 0.115. The van der Waals surface area contributed by atoms with Crippen molar-refractivity contribution in [3.8, 4) is 0 Å². The molecule has 0 aromatic rings. The predicted molar refractivity (Wildman–Crippen MR) is 58.4 cm³/mol. The molecule has 0 spiro atoms. The Balaban J connectivity index is 0. The Hall–Kier alpha value is -1.04. The van der Waals surface area contributed by atoms with Gasteiger partial charge in [-0.15, -0.1) is 0 Å². The quantitative estimate of drug-likeness (QED) is 0.638. The standard InChI is InChI=1S/C8H5F13.H4N2O2S/c1-2-3(9,10)4(11,12)5(13,14)6(15,16)7(17,18)8(19,20)21;1-5(2,3)4/h2H2,1H3;(H4,1,2,3,4). The third-order valence-corrected chi connectivity index (χ3v) is 2.44. The van der Waals surface area contributed by atoms with Crippen molar-refractivity contribution >= 4 is 10.2 Å². The molecule has 0 aromatic carbocycles. The molecule has 0 atom stereocenters. The number of halogens is 13. The van der Waals surface area contributed by atoms with Gasteiger partial charge in [-0.25, -0.2) is 10.3 Å². The lowest BCUT2D eigenvalue weighted by atomic mass is 9.93. The molecular weight excluding hydrogens is 435 g/mol. The summed E-state index contributed by atoms with van der Waals surface area (Å²) in [6, 6.07) is 0. The van der Waals surface area contributed by atoms with Crippen LogP contribution < -0.4 is 10.3 Å². The number of hydrogen-bond acceptors (Lipinski definition) is 2. The first-order valence-electron chi connectivity index (χ1n) is 5.57. The maximum absolute atomic E-state index is 12.7. The zero-order valence-electron chi connectivity index (χ0n) is 12.0. The number of rotatable bonds is 5.